The molecule has 1 amide bonds. The molecular weight excluding hydrogens is 214 g/mol. The fourth-order valence-corrected chi connectivity index (χ4v) is 2.54. The zero-order chi connectivity index (χ0) is 12.3. The van der Waals surface area contributed by atoms with Crippen molar-refractivity contribution in [3.8, 4) is 0 Å². The SMILES string of the molecule is CN1CCC(C(C(N)=O)c2ccccn2)CC1. The third-order valence-electron chi connectivity index (χ3n) is 3.55. The van der Waals surface area contributed by atoms with Crippen LogP contribution in [-0.4, -0.2) is 35.9 Å². The molecule has 1 aromatic rings. The quantitative estimate of drug-likeness (QED) is 0.847. The van der Waals surface area contributed by atoms with Gasteiger partial charge in [-0.1, -0.05) is 6.07 Å². The molecule has 1 saturated heterocycles. The van der Waals surface area contributed by atoms with Crippen molar-refractivity contribution in [3.05, 3.63) is 30.1 Å². The van der Waals surface area contributed by atoms with E-state index in [-0.39, 0.29) is 11.8 Å². The maximum Gasteiger partial charge on any atom is 0.226 e. The third-order valence-corrected chi connectivity index (χ3v) is 3.55. The van der Waals surface area contributed by atoms with Crippen molar-refractivity contribution in [2.45, 2.75) is 18.8 Å². The number of amides is 1. The summed E-state index contributed by atoms with van der Waals surface area (Å²) in [5, 5.41) is 0. The van der Waals surface area contributed by atoms with Crippen LogP contribution in [0.5, 0.6) is 0 Å². The van der Waals surface area contributed by atoms with Gasteiger partial charge in [0.1, 0.15) is 0 Å². The number of hydrogen-bond acceptors (Lipinski definition) is 3. The summed E-state index contributed by atoms with van der Waals surface area (Å²) in [4.78, 5) is 18.2. The Morgan fingerprint density at radius 2 is 2.18 bits per heavy atom. The number of piperidine rings is 1. The molecule has 2 rings (SSSR count). The number of nitrogens with zero attached hydrogens (tertiary/aromatic N) is 2. The predicted molar refractivity (Wildman–Crippen MR) is 66.4 cm³/mol. The average molecular weight is 233 g/mol. The first-order valence-corrected chi connectivity index (χ1v) is 6.07. The highest BCUT2D eigenvalue weighted by Crippen LogP contribution is 2.31. The second kappa shape index (κ2) is 5.27. The molecule has 17 heavy (non-hydrogen) atoms. The van der Waals surface area contributed by atoms with Gasteiger partial charge in [-0.25, -0.2) is 0 Å². The third kappa shape index (κ3) is 2.82. The lowest BCUT2D eigenvalue weighted by atomic mass is 9.81. The number of aromatic nitrogens is 1. The number of nitrogens with two attached hydrogens (primary N) is 1. The lowest BCUT2D eigenvalue weighted by Gasteiger charge is -2.32. The van der Waals surface area contributed by atoms with Crippen molar-refractivity contribution in [3.63, 3.8) is 0 Å². The van der Waals surface area contributed by atoms with E-state index in [2.05, 4.69) is 16.9 Å². The molecular formula is C13H19N3O. The molecule has 4 heteroatoms. The van der Waals surface area contributed by atoms with E-state index < -0.39 is 0 Å². The second-order valence-corrected chi connectivity index (χ2v) is 4.78. The van der Waals surface area contributed by atoms with Crippen LogP contribution in [0.15, 0.2) is 24.4 Å². The van der Waals surface area contributed by atoms with Crippen LogP contribution in [0, 0.1) is 5.92 Å². The van der Waals surface area contributed by atoms with Gasteiger partial charge < -0.3 is 10.6 Å². The monoisotopic (exact) mass is 233 g/mol. The van der Waals surface area contributed by atoms with Crippen LogP contribution >= 0.6 is 0 Å². The van der Waals surface area contributed by atoms with Crippen molar-refractivity contribution in [2.75, 3.05) is 20.1 Å². The number of hydrogen-bond donors (Lipinski definition) is 1. The zero-order valence-corrected chi connectivity index (χ0v) is 10.2. The van der Waals surface area contributed by atoms with Gasteiger partial charge in [-0.2, -0.15) is 0 Å². The first kappa shape index (κ1) is 12.0. The molecule has 0 aliphatic carbocycles. The van der Waals surface area contributed by atoms with E-state index in [1.54, 1.807) is 6.20 Å². The lowest BCUT2D eigenvalue weighted by Crippen LogP contribution is -2.37. The van der Waals surface area contributed by atoms with E-state index in [1.165, 1.54) is 0 Å². The Kier molecular flexibility index (Phi) is 3.74. The molecule has 1 atom stereocenters. The molecule has 1 aliphatic heterocycles. The molecule has 2 heterocycles. The molecule has 92 valence electrons. The minimum Gasteiger partial charge on any atom is -0.369 e. The number of carbonyl (C=O) groups is 1. The number of likely N-dealkylation sites (tertiary alicyclic amines) is 1. The largest absolute Gasteiger partial charge is 0.369 e. The summed E-state index contributed by atoms with van der Waals surface area (Å²) in [6.45, 7) is 2.06. The molecule has 0 aromatic carbocycles. The highest BCUT2D eigenvalue weighted by molar-refractivity contribution is 5.81. The molecule has 0 saturated carbocycles. The number of primary amides is 1. The van der Waals surface area contributed by atoms with Crippen molar-refractivity contribution >= 4 is 5.91 Å². The topological polar surface area (TPSA) is 59.2 Å². The molecule has 4 nitrogen and oxygen atoms in total. The first-order chi connectivity index (χ1) is 8.18. The Morgan fingerprint density at radius 3 is 2.71 bits per heavy atom. The Bertz CT molecular complexity index is 372. The molecule has 1 fully saturated rings. The summed E-state index contributed by atoms with van der Waals surface area (Å²) < 4.78 is 0. The van der Waals surface area contributed by atoms with E-state index in [0.717, 1.165) is 31.6 Å². The number of carbonyl (C=O) groups excluding carboxylic acids is 1. The van der Waals surface area contributed by atoms with Gasteiger partial charge in [-0.3, -0.25) is 9.78 Å². The standard InChI is InChI=1S/C13H19N3O/c1-16-8-5-10(6-9-16)12(13(14)17)11-4-2-3-7-15-11/h2-4,7,10,12H,5-6,8-9H2,1H3,(H2,14,17). The number of rotatable bonds is 3. The highest BCUT2D eigenvalue weighted by atomic mass is 16.1. The van der Waals surface area contributed by atoms with Crippen LogP contribution in [0.1, 0.15) is 24.5 Å². The van der Waals surface area contributed by atoms with Gasteiger partial charge in [-0.15, -0.1) is 0 Å². The molecule has 1 aliphatic rings. The number of pyridine rings is 1. The molecule has 1 aromatic heterocycles. The summed E-state index contributed by atoms with van der Waals surface area (Å²) in [6.07, 6.45) is 3.75. The molecule has 0 bridgehead atoms. The van der Waals surface area contributed by atoms with Gasteiger partial charge >= 0.3 is 0 Å². The maximum atomic E-state index is 11.6. The summed E-state index contributed by atoms with van der Waals surface area (Å²) in [5.74, 6) is -0.151. The van der Waals surface area contributed by atoms with E-state index in [4.69, 9.17) is 5.73 Å². The average Bonchev–Trinajstić information content (AvgIpc) is 2.33. The highest BCUT2D eigenvalue weighted by Gasteiger charge is 2.31. The summed E-state index contributed by atoms with van der Waals surface area (Å²) in [5.41, 5.74) is 6.36. The fraction of sp³-hybridized carbons (Fsp3) is 0.538. The molecule has 0 radical (unpaired) electrons. The Labute approximate surface area is 102 Å². The molecule has 0 spiro atoms. The van der Waals surface area contributed by atoms with Crippen LogP contribution in [0.2, 0.25) is 0 Å². The second-order valence-electron chi connectivity index (χ2n) is 4.78. The summed E-state index contributed by atoms with van der Waals surface area (Å²) >= 11 is 0. The predicted octanol–water partition coefficient (Wildman–Crippen LogP) is 0.992. The van der Waals surface area contributed by atoms with E-state index in [0.29, 0.717) is 5.92 Å². The van der Waals surface area contributed by atoms with Gasteiger partial charge in [0, 0.05) is 6.20 Å². The van der Waals surface area contributed by atoms with Crippen LogP contribution < -0.4 is 5.73 Å². The van der Waals surface area contributed by atoms with E-state index >= 15 is 0 Å². The van der Waals surface area contributed by atoms with Gasteiger partial charge in [-0.05, 0) is 51.0 Å². The lowest BCUT2D eigenvalue weighted by molar-refractivity contribution is -0.121. The minimum atomic E-state index is -0.252. The van der Waals surface area contributed by atoms with Gasteiger partial charge in [0.15, 0.2) is 0 Å². The Morgan fingerprint density at radius 1 is 1.47 bits per heavy atom. The molecule has 1 unspecified atom stereocenters. The van der Waals surface area contributed by atoms with Gasteiger partial charge in [0.25, 0.3) is 0 Å². The van der Waals surface area contributed by atoms with E-state index in [1.807, 2.05) is 18.2 Å². The van der Waals surface area contributed by atoms with Crippen molar-refractivity contribution < 1.29 is 4.79 Å². The van der Waals surface area contributed by atoms with Crippen LogP contribution in [0.4, 0.5) is 0 Å². The van der Waals surface area contributed by atoms with Gasteiger partial charge in [0.05, 0.1) is 11.6 Å². The van der Waals surface area contributed by atoms with Crippen LogP contribution in [0.25, 0.3) is 0 Å². The van der Waals surface area contributed by atoms with Crippen molar-refractivity contribution in [1.82, 2.24) is 9.88 Å². The van der Waals surface area contributed by atoms with Crippen LogP contribution in [-0.2, 0) is 4.79 Å². The summed E-state index contributed by atoms with van der Waals surface area (Å²) in [7, 11) is 2.11. The zero-order valence-electron chi connectivity index (χ0n) is 10.2. The molecule has 2 N–H and O–H groups in total. The van der Waals surface area contributed by atoms with Crippen molar-refractivity contribution in [1.29, 1.82) is 0 Å². The minimum absolute atomic E-state index is 0.232. The summed E-state index contributed by atoms with van der Waals surface area (Å²) in [6, 6.07) is 5.66. The van der Waals surface area contributed by atoms with E-state index in [9.17, 15) is 4.79 Å². The first-order valence-electron chi connectivity index (χ1n) is 6.07. The van der Waals surface area contributed by atoms with Gasteiger partial charge in [0.2, 0.25) is 5.91 Å². The normalized spacial score (nSPS) is 20.1. The smallest absolute Gasteiger partial charge is 0.226 e. The Balaban J connectivity index is 2.16. The van der Waals surface area contributed by atoms with Crippen LogP contribution in [0.3, 0.4) is 0 Å². The van der Waals surface area contributed by atoms with Crippen molar-refractivity contribution in [2.24, 2.45) is 11.7 Å². The fourth-order valence-electron chi connectivity index (χ4n) is 2.54. The maximum absolute atomic E-state index is 11.6. The Hall–Kier alpha value is -1.42.